The predicted molar refractivity (Wildman–Crippen MR) is 73.3 cm³/mol. The standard InChI is InChI=1S/C8H7ClO2.C7H8/c9-4-6-1-2-7-8(3-6)11-5-10-7;1-7-5-3-2-4-6-7/h1-3H,4-5H2;2-6H,1H3. The highest BCUT2D eigenvalue weighted by Crippen LogP contribution is 2.32. The molecular weight excluding hydrogens is 248 g/mol. The molecule has 1 heterocycles. The molecule has 0 saturated heterocycles. The molecule has 3 heteroatoms. The molecule has 0 N–H and O–H groups in total. The Labute approximate surface area is 112 Å². The first-order chi connectivity index (χ1) is 8.79. The molecule has 18 heavy (non-hydrogen) atoms. The third-order valence-corrected chi connectivity index (χ3v) is 2.84. The Bertz CT molecular complexity index is 497. The molecule has 1 aliphatic heterocycles. The van der Waals surface area contributed by atoms with Gasteiger partial charge < -0.3 is 9.47 Å². The molecule has 0 unspecified atom stereocenters. The van der Waals surface area contributed by atoms with Gasteiger partial charge in [-0.15, -0.1) is 11.6 Å². The van der Waals surface area contributed by atoms with Crippen LogP contribution in [0.1, 0.15) is 11.1 Å². The Morgan fingerprint density at radius 3 is 2.33 bits per heavy atom. The SMILES string of the molecule is Cc1ccccc1.ClCc1ccc2c(c1)OCO2. The molecule has 0 atom stereocenters. The lowest BCUT2D eigenvalue weighted by Crippen LogP contribution is -1.92. The minimum atomic E-state index is 0.321. The van der Waals surface area contributed by atoms with Crippen molar-refractivity contribution in [3.05, 3.63) is 59.7 Å². The summed E-state index contributed by atoms with van der Waals surface area (Å²) in [7, 11) is 0. The third-order valence-electron chi connectivity index (χ3n) is 2.53. The van der Waals surface area contributed by atoms with Crippen molar-refractivity contribution in [1.82, 2.24) is 0 Å². The van der Waals surface area contributed by atoms with Crippen LogP contribution in [0.25, 0.3) is 0 Å². The molecule has 0 amide bonds. The average molecular weight is 263 g/mol. The molecule has 2 aromatic carbocycles. The Hall–Kier alpha value is -1.67. The quantitative estimate of drug-likeness (QED) is 0.719. The second kappa shape index (κ2) is 6.31. The van der Waals surface area contributed by atoms with E-state index in [-0.39, 0.29) is 0 Å². The highest BCUT2D eigenvalue weighted by atomic mass is 35.5. The van der Waals surface area contributed by atoms with Gasteiger partial charge in [0.25, 0.3) is 0 Å². The minimum absolute atomic E-state index is 0.321. The normalized spacial score (nSPS) is 11.7. The van der Waals surface area contributed by atoms with Gasteiger partial charge in [-0.1, -0.05) is 42.0 Å². The van der Waals surface area contributed by atoms with Crippen molar-refractivity contribution in [3.8, 4) is 11.5 Å². The Morgan fingerprint density at radius 1 is 1.00 bits per heavy atom. The first kappa shape index (κ1) is 12.8. The van der Waals surface area contributed by atoms with Crippen molar-refractivity contribution in [2.75, 3.05) is 6.79 Å². The summed E-state index contributed by atoms with van der Waals surface area (Å²) in [6.45, 7) is 2.40. The van der Waals surface area contributed by atoms with E-state index >= 15 is 0 Å². The van der Waals surface area contributed by atoms with Crippen LogP contribution < -0.4 is 9.47 Å². The summed E-state index contributed by atoms with van der Waals surface area (Å²) in [5, 5.41) is 0. The van der Waals surface area contributed by atoms with Gasteiger partial charge in [0.15, 0.2) is 11.5 Å². The Balaban J connectivity index is 0.000000149. The van der Waals surface area contributed by atoms with Crippen molar-refractivity contribution in [2.24, 2.45) is 0 Å². The zero-order chi connectivity index (χ0) is 12.8. The van der Waals surface area contributed by atoms with Crippen LogP contribution in [0.4, 0.5) is 0 Å². The van der Waals surface area contributed by atoms with Gasteiger partial charge in [-0.25, -0.2) is 0 Å². The number of hydrogen-bond donors (Lipinski definition) is 0. The van der Waals surface area contributed by atoms with Crippen molar-refractivity contribution in [2.45, 2.75) is 12.8 Å². The molecule has 0 radical (unpaired) electrons. The van der Waals surface area contributed by atoms with Gasteiger partial charge in [-0.05, 0) is 24.6 Å². The topological polar surface area (TPSA) is 18.5 Å². The zero-order valence-electron chi connectivity index (χ0n) is 10.2. The van der Waals surface area contributed by atoms with Crippen LogP contribution in [0.5, 0.6) is 11.5 Å². The lowest BCUT2D eigenvalue weighted by molar-refractivity contribution is 0.174. The molecule has 0 fully saturated rings. The summed E-state index contributed by atoms with van der Waals surface area (Å²) in [6.07, 6.45) is 0. The van der Waals surface area contributed by atoms with Crippen LogP contribution >= 0.6 is 11.6 Å². The fourth-order valence-electron chi connectivity index (χ4n) is 1.56. The van der Waals surface area contributed by atoms with Crippen molar-refractivity contribution >= 4 is 11.6 Å². The van der Waals surface area contributed by atoms with E-state index in [1.165, 1.54) is 5.56 Å². The summed E-state index contributed by atoms with van der Waals surface area (Å²) in [5.41, 5.74) is 2.37. The molecule has 3 rings (SSSR count). The second-order valence-electron chi connectivity index (χ2n) is 3.98. The maximum absolute atomic E-state index is 5.63. The highest BCUT2D eigenvalue weighted by molar-refractivity contribution is 6.17. The number of alkyl halides is 1. The van der Waals surface area contributed by atoms with E-state index in [9.17, 15) is 0 Å². The van der Waals surface area contributed by atoms with E-state index in [4.69, 9.17) is 21.1 Å². The van der Waals surface area contributed by atoms with Gasteiger partial charge >= 0.3 is 0 Å². The van der Waals surface area contributed by atoms with Crippen LogP contribution in [0, 0.1) is 6.92 Å². The average Bonchev–Trinajstić information content (AvgIpc) is 2.87. The molecular formula is C15H15ClO2. The largest absolute Gasteiger partial charge is 0.454 e. The highest BCUT2D eigenvalue weighted by Gasteiger charge is 2.12. The fourth-order valence-corrected chi connectivity index (χ4v) is 1.72. The number of ether oxygens (including phenoxy) is 2. The van der Waals surface area contributed by atoms with E-state index in [1.54, 1.807) is 0 Å². The van der Waals surface area contributed by atoms with Gasteiger partial charge in [0.05, 0.1) is 0 Å². The first-order valence-electron chi connectivity index (χ1n) is 5.76. The van der Waals surface area contributed by atoms with E-state index in [0.717, 1.165) is 17.1 Å². The smallest absolute Gasteiger partial charge is 0.231 e. The molecule has 0 aliphatic carbocycles. The Morgan fingerprint density at radius 2 is 1.72 bits per heavy atom. The summed E-state index contributed by atoms with van der Waals surface area (Å²) < 4.78 is 10.3. The number of hydrogen-bond acceptors (Lipinski definition) is 2. The molecule has 0 aromatic heterocycles. The summed E-state index contributed by atoms with van der Waals surface area (Å²) >= 11 is 5.63. The van der Waals surface area contributed by atoms with E-state index < -0.39 is 0 Å². The van der Waals surface area contributed by atoms with Gasteiger partial charge in [-0.2, -0.15) is 0 Å². The van der Waals surface area contributed by atoms with Gasteiger partial charge in [0, 0.05) is 5.88 Å². The van der Waals surface area contributed by atoms with Gasteiger partial charge in [-0.3, -0.25) is 0 Å². The van der Waals surface area contributed by atoms with E-state index in [2.05, 4.69) is 19.1 Å². The van der Waals surface area contributed by atoms with Crippen molar-refractivity contribution in [1.29, 1.82) is 0 Å². The van der Waals surface area contributed by atoms with Crippen LogP contribution in [-0.4, -0.2) is 6.79 Å². The maximum Gasteiger partial charge on any atom is 0.231 e. The zero-order valence-corrected chi connectivity index (χ0v) is 11.0. The van der Waals surface area contributed by atoms with Crippen LogP contribution in [0.2, 0.25) is 0 Å². The van der Waals surface area contributed by atoms with Crippen LogP contribution in [-0.2, 0) is 5.88 Å². The number of aryl methyl sites for hydroxylation is 1. The monoisotopic (exact) mass is 262 g/mol. The summed E-state index contributed by atoms with van der Waals surface area (Å²) in [6, 6.07) is 16.0. The van der Waals surface area contributed by atoms with Crippen LogP contribution in [0.15, 0.2) is 48.5 Å². The number of rotatable bonds is 1. The molecule has 0 saturated carbocycles. The molecule has 2 aromatic rings. The minimum Gasteiger partial charge on any atom is -0.454 e. The van der Waals surface area contributed by atoms with E-state index in [0.29, 0.717) is 12.7 Å². The van der Waals surface area contributed by atoms with Gasteiger partial charge in [0.1, 0.15) is 0 Å². The fraction of sp³-hybridized carbons (Fsp3) is 0.200. The van der Waals surface area contributed by atoms with Crippen molar-refractivity contribution in [3.63, 3.8) is 0 Å². The predicted octanol–water partition coefficient (Wildman–Crippen LogP) is 4.15. The maximum atomic E-state index is 5.63. The third kappa shape index (κ3) is 3.41. The summed E-state index contributed by atoms with van der Waals surface area (Å²) in [5.74, 6) is 2.11. The molecule has 94 valence electrons. The first-order valence-corrected chi connectivity index (χ1v) is 6.29. The lowest BCUT2D eigenvalue weighted by Gasteiger charge is -1.97. The number of halogens is 1. The number of fused-ring (bicyclic) bond motifs is 1. The van der Waals surface area contributed by atoms with E-state index in [1.807, 2.05) is 36.4 Å². The second-order valence-corrected chi connectivity index (χ2v) is 4.24. The van der Waals surface area contributed by atoms with Crippen molar-refractivity contribution < 1.29 is 9.47 Å². The number of benzene rings is 2. The summed E-state index contributed by atoms with van der Waals surface area (Å²) in [4.78, 5) is 0. The molecule has 0 bridgehead atoms. The Kier molecular flexibility index (Phi) is 4.48. The lowest BCUT2D eigenvalue weighted by atomic mass is 10.2. The van der Waals surface area contributed by atoms with Crippen LogP contribution in [0.3, 0.4) is 0 Å². The molecule has 2 nitrogen and oxygen atoms in total. The molecule has 0 spiro atoms. The molecule has 1 aliphatic rings. The van der Waals surface area contributed by atoms with Gasteiger partial charge in [0.2, 0.25) is 6.79 Å².